The van der Waals surface area contributed by atoms with Crippen molar-refractivity contribution in [3.63, 3.8) is 0 Å². The topological polar surface area (TPSA) is 54.1 Å². The van der Waals surface area contributed by atoms with Gasteiger partial charge in [-0.3, -0.25) is 0 Å². The van der Waals surface area contributed by atoms with Crippen LogP contribution in [0.15, 0.2) is 146 Å². The number of benzene rings is 8. The van der Waals surface area contributed by atoms with Crippen molar-refractivity contribution < 1.29 is 0 Å². The van der Waals surface area contributed by atoms with Crippen molar-refractivity contribution in [1.29, 1.82) is 10.5 Å². The predicted octanol–water partition coefficient (Wildman–Crippen LogP) is 14.6. The Morgan fingerprint density at radius 3 is 1.14 bits per heavy atom. The number of rotatable bonds is 8. The summed E-state index contributed by atoms with van der Waals surface area (Å²) in [7, 11) is 0. The maximum absolute atomic E-state index is 10.5. The molecule has 0 unspecified atom stereocenters. The van der Waals surface area contributed by atoms with E-state index in [1.165, 1.54) is 94.8 Å². The Morgan fingerprint density at radius 1 is 0.393 bits per heavy atom. The minimum absolute atomic E-state index is 0.458. The summed E-state index contributed by atoms with van der Waals surface area (Å²) < 4.78 is 0. The molecule has 270 valence electrons. The van der Waals surface area contributed by atoms with E-state index in [1.807, 2.05) is 36.4 Å². The van der Waals surface area contributed by atoms with E-state index in [-0.39, 0.29) is 0 Å². The van der Waals surface area contributed by atoms with Crippen LogP contribution in [0.5, 0.6) is 0 Å². The van der Waals surface area contributed by atoms with Crippen LogP contribution in [0.4, 0.5) is 34.1 Å². The molecule has 0 saturated heterocycles. The van der Waals surface area contributed by atoms with Crippen LogP contribution in [-0.4, -0.2) is 0 Å². The van der Waals surface area contributed by atoms with Crippen LogP contribution in [0.2, 0.25) is 0 Å². The molecule has 10 rings (SSSR count). The molecule has 0 aliphatic heterocycles. The van der Waals surface area contributed by atoms with Crippen LogP contribution in [0.1, 0.15) is 85.5 Å². The minimum Gasteiger partial charge on any atom is -0.309 e. The van der Waals surface area contributed by atoms with Gasteiger partial charge in [-0.25, -0.2) is 0 Å². The van der Waals surface area contributed by atoms with E-state index < -0.39 is 0 Å². The number of anilines is 6. The highest BCUT2D eigenvalue weighted by atomic mass is 15.2. The van der Waals surface area contributed by atoms with Crippen LogP contribution >= 0.6 is 0 Å². The fraction of sp³-hybridized carbons (Fsp3) is 0.192. The van der Waals surface area contributed by atoms with E-state index in [4.69, 9.17) is 0 Å². The molecule has 2 aliphatic rings. The van der Waals surface area contributed by atoms with Crippen molar-refractivity contribution in [1.82, 2.24) is 0 Å². The molecule has 0 N–H and O–H groups in total. The molecule has 0 heterocycles. The van der Waals surface area contributed by atoms with Gasteiger partial charge >= 0.3 is 0 Å². The number of hydrogen-bond acceptors (Lipinski definition) is 4. The minimum atomic E-state index is 0.458. The summed E-state index contributed by atoms with van der Waals surface area (Å²) in [6.45, 7) is 0. The molecule has 8 aromatic carbocycles. The number of para-hydroxylation sites is 4. The number of hydrogen-bond donors (Lipinski definition) is 0. The summed E-state index contributed by atoms with van der Waals surface area (Å²) in [5.74, 6) is 0.915. The molecule has 56 heavy (non-hydrogen) atoms. The first kappa shape index (κ1) is 33.9. The second kappa shape index (κ2) is 14.2. The Hall–Kier alpha value is -6.62. The van der Waals surface area contributed by atoms with E-state index >= 15 is 0 Å². The van der Waals surface area contributed by atoms with Gasteiger partial charge in [0.1, 0.15) is 12.1 Å². The first-order valence-electron chi connectivity index (χ1n) is 20.2. The third kappa shape index (κ3) is 5.56. The molecule has 8 aromatic rings. The van der Waals surface area contributed by atoms with E-state index in [2.05, 4.69) is 131 Å². The highest BCUT2D eigenvalue weighted by Gasteiger charge is 2.30. The molecule has 0 radical (unpaired) electrons. The zero-order chi connectivity index (χ0) is 37.6. The van der Waals surface area contributed by atoms with E-state index in [1.54, 1.807) is 0 Å². The summed E-state index contributed by atoms with van der Waals surface area (Å²) in [4.78, 5) is 4.64. The molecular weight excluding hydrogens is 681 g/mol. The Labute approximate surface area is 328 Å². The fourth-order valence-corrected chi connectivity index (χ4v) is 10.0. The van der Waals surface area contributed by atoms with Gasteiger partial charge in [0.05, 0.1) is 33.9 Å². The maximum Gasteiger partial charge on any atom is 0.101 e. The average Bonchev–Trinajstić information content (AvgIpc) is 4.01. The lowest BCUT2D eigenvalue weighted by molar-refractivity contribution is 0.729. The third-order valence-corrected chi connectivity index (χ3v) is 12.6. The summed E-state index contributed by atoms with van der Waals surface area (Å²) in [5.41, 5.74) is 10.1. The van der Waals surface area contributed by atoms with Gasteiger partial charge in [0, 0.05) is 22.1 Å². The van der Waals surface area contributed by atoms with Crippen LogP contribution in [-0.2, 0) is 0 Å². The van der Waals surface area contributed by atoms with E-state index in [9.17, 15) is 10.5 Å². The van der Waals surface area contributed by atoms with Gasteiger partial charge in [-0.05, 0) is 131 Å². The largest absolute Gasteiger partial charge is 0.309 e. The Kier molecular flexibility index (Phi) is 8.61. The normalized spacial score (nSPS) is 14.8. The van der Waals surface area contributed by atoms with Crippen LogP contribution in [0.25, 0.3) is 32.3 Å². The molecule has 2 saturated carbocycles. The molecule has 0 atom stereocenters. The lowest BCUT2D eigenvalue weighted by Gasteiger charge is -2.32. The van der Waals surface area contributed by atoms with Crippen LogP contribution in [0, 0.1) is 22.7 Å². The van der Waals surface area contributed by atoms with E-state index in [0.717, 1.165) is 34.1 Å². The first-order chi connectivity index (χ1) is 27.7. The summed E-state index contributed by atoms with van der Waals surface area (Å²) in [6, 6.07) is 56.5. The molecule has 4 nitrogen and oxygen atoms in total. The van der Waals surface area contributed by atoms with Crippen molar-refractivity contribution in [2.45, 2.75) is 63.2 Å². The Bertz CT molecular complexity index is 2600. The van der Waals surface area contributed by atoms with Gasteiger partial charge in [-0.2, -0.15) is 10.5 Å². The Balaban J connectivity index is 1.36. The van der Waals surface area contributed by atoms with Crippen LogP contribution in [0.3, 0.4) is 0 Å². The van der Waals surface area contributed by atoms with Crippen molar-refractivity contribution in [3.8, 4) is 12.1 Å². The lowest BCUT2D eigenvalue weighted by atomic mass is 9.82. The quantitative estimate of drug-likeness (QED) is 0.147. The van der Waals surface area contributed by atoms with Gasteiger partial charge < -0.3 is 9.80 Å². The molecular formula is C52H42N4. The monoisotopic (exact) mass is 722 g/mol. The molecule has 4 heteroatoms. The molecule has 2 fully saturated rings. The molecule has 0 spiro atoms. The predicted molar refractivity (Wildman–Crippen MR) is 231 cm³/mol. The maximum atomic E-state index is 10.5. The standard InChI is InChI=1S/C52H42N4/c53-33-37-19-11-13-25-47(37)55(39-21-3-1-4-22-39)49-31-45(35-15-7-8-16-35)41-28-30-44-50(56(40-23-5-2-6-24-40)48-26-14-12-20-38(48)34-54)32-46(36-17-9-10-18-36)42-27-29-43(49)51(41)52(42)44/h1-6,11-14,19-32,35-36H,7-10,15-18H2. The van der Waals surface area contributed by atoms with Gasteiger partial charge in [-0.15, -0.1) is 0 Å². The summed E-state index contributed by atoms with van der Waals surface area (Å²) >= 11 is 0. The van der Waals surface area contributed by atoms with Crippen molar-refractivity contribution in [3.05, 3.63) is 168 Å². The molecule has 2 aliphatic carbocycles. The van der Waals surface area contributed by atoms with Gasteiger partial charge in [0.25, 0.3) is 0 Å². The highest BCUT2D eigenvalue weighted by Crippen LogP contribution is 2.53. The van der Waals surface area contributed by atoms with Crippen molar-refractivity contribution >= 4 is 66.4 Å². The number of nitriles is 2. The third-order valence-electron chi connectivity index (χ3n) is 12.6. The summed E-state index contributed by atoms with van der Waals surface area (Å²) in [6.07, 6.45) is 9.65. The fourth-order valence-electron chi connectivity index (χ4n) is 10.0. The first-order valence-corrected chi connectivity index (χ1v) is 20.2. The molecule has 0 aromatic heterocycles. The van der Waals surface area contributed by atoms with Gasteiger partial charge in [0.15, 0.2) is 0 Å². The second-order valence-electron chi connectivity index (χ2n) is 15.6. The zero-order valence-corrected chi connectivity index (χ0v) is 31.5. The number of nitrogens with zero attached hydrogens (tertiary/aromatic N) is 4. The Morgan fingerprint density at radius 2 is 0.750 bits per heavy atom. The van der Waals surface area contributed by atoms with Crippen LogP contribution < -0.4 is 9.80 Å². The molecule has 0 amide bonds. The smallest absolute Gasteiger partial charge is 0.101 e. The van der Waals surface area contributed by atoms with Crippen molar-refractivity contribution in [2.75, 3.05) is 9.80 Å². The summed E-state index contributed by atoms with van der Waals surface area (Å²) in [5, 5.41) is 28.5. The van der Waals surface area contributed by atoms with E-state index in [0.29, 0.717) is 23.0 Å². The van der Waals surface area contributed by atoms with Gasteiger partial charge in [-0.1, -0.05) is 111 Å². The average molecular weight is 723 g/mol. The lowest BCUT2D eigenvalue weighted by Crippen LogP contribution is -2.14. The second-order valence-corrected chi connectivity index (χ2v) is 15.6. The molecule has 0 bridgehead atoms. The van der Waals surface area contributed by atoms with Gasteiger partial charge in [0.2, 0.25) is 0 Å². The highest BCUT2D eigenvalue weighted by molar-refractivity contribution is 6.29. The zero-order valence-electron chi connectivity index (χ0n) is 31.5. The van der Waals surface area contributed by atoms with Crippen molar-refractivity contribution in [2.24, 2.45) is 0 Å². The SMILES string of the molecule is N#Cc1ccccc1N(c1ccccc1)c1cc(C2CCCC2)c2ccc3c(N(c4ccccc4)c4ccccc4C#N)cc(C4CCCC4)c4ccc1c2c43.